The minimum atomic E-state index is -1.34. The number of hydrogen-bond donors (Lipinski definition) is 2. The minimum Gasteiger partial charge on any atom is -0.479 e. The lowest BCUT2D eigenvalue weighted by atomic mass is 9.92. The van der Waals surface area contributed by atoms with Gasteiger partial charge in [-0.2, -0.15) is 0 Å². The number of hydrogen-bond acceptors (Lipinski definition) is 5. The number of nitrogens with zero attached hydrogens (tertiary/aromatic N) is 3. The van der Waals surface area contributed by atoms with Crippen molar-refractivity contribution in [2.24, 2.45) is 0 Å². The van der Waals surface area contributed by atoms with Gasteiger partial charge in [0, 0.05) is 11.0 Å². The second kappa shape index (κ2) is 8.23. The molecule has 180 valence electrons. The van der Waals surface area contributed by atoms with Crippen LogP contribution in [0.5, 0.6) is 0 Å². The average Bonchev–Trinajstić information content (AvgIpc) is 3.37. The highest BCUT2D eigenvalue weighted by Gasteiger charge is 2.47. The Morgan fingerprint density at radius 3 is 2.44 bits per heavy atom. The molecule has 0 saturated heterocycles. The largest absolute Gasteiger partial charge is 0.479 e. The van der Waals surface area contributed by atoms with Crippen LogP contribution in [-0.2, 0) is 10.2 Å². The monoisotopic (exact) mass is 501 g/mol. The van der Waals surface area contributed by atoms with Gasteiger partial charge in [0.2, 0.25) is 0 Å². The first kappa shape index (κ1) is 22.4. The number of carbonyl (C=O) groups is 2. The lowest BCUT2D eigenvalue weighted by Crippen LogP contribution is -2.40. The maximum Gasteiger partial charge on any atom is 0.408 e. The number of aliphatic carboxylic acids is 1. The molecule has 7 nitrogen and oxygen atoms in total. The first-order valence-electron chi connectivity index (χ1n) is 11.4. The van der Waals surface area contributed by atoms with Crippen molar-refractivity contribution in [3.8, 4) is 10.6 Å². The van der Waals surface area contributed by atoms with Crippen LogP contribution in [0.15, 0.2) is 66.7 Å². The topological polar surface area (TPSA) is 104 Å². The van der Waals surface area contributed by atoms with Gasteiger partial charge in [-0.15, -0.1) is 0 Å². The van der Waals surface area contributed by atoms with Gasteiger partial charge in [0.05, 0.1) is 12.2 Å². The van der Waals surface area contributed by atoms with E-state index < -0.39 is 23.9 Å². The first-order chi connectivity index (χ1) is 17.4. The Bertz CT molecular complexity index is 1560. The van der Waals surface area contributed by atoms with Crippen molar-refractivity contribution in [1.82, 2.24) is 14.9 Å². The summed E-state index contributed by atoms with van der Waals surface area (Å²) in [4.78, 5) is 33.9. The molecule has 36 heavy (non-hydrogen) atoms. The third-order valence-electron chi connectivity index (χ3n) is 6.93. The van der Waals surface area contributed by atoms with Crippen molar-refractivity contribution in [3.63, 3.8) is 0 Å². The summed E-state index contributed by atoms with van der Waals surface area (Å²) in [5, 5.41) is 19.1. The van der Waals surface area contributed by atoms with Crippen molar-refractivity contribution >= 4 is 39.3 Å². The fraction of sp³-hybridized carbons (Fsp3) is 0.185. The van der Waals surface area contributed by atoms with Gasteiger partial charge >= 0.3 is 12.1 Å². The van der Waals surface area contributed by atoms with Crippen LogP contribution < -0.4 is 0 Å². The number of amides is 1. The summed E-state index contributed by atoms with van der Waals surface area (Å²) in [5.41, 5.74) is 4.07. The van der Waals surface area contributed by atoms with Crippen LogP contribution in [0.1, 0.15) is 29.7 Å². The van der Waals surface area contributed by atoms with E-state index in [2.05, 4.69) is 17.1 Å². The van der Waals surface area contributed by atoms with Gasteiger partial charge in [0.1, 0.15) is 21.2 Å². The van der Waals surface area contributed by atoms with E-state index in [1.54, 1.807) is 12.1 Å². The normalized spacial score (nSPS) is 18.3. The quantitative estimate of drug-likeness (QED) is 0.379. The highest BCUT2D eigenvalue weighted by molar-refractivity contribution is 7.21. The molecule has 1 atom stereocenters. The fourth-order valence-corrected chi connectivity index (χ4v) is 5.82. The predicted molar refractivity (Wildman–Crippen MR) is 133 cm³/mol. The van der Waals surface area contributed by atoms with Crippen LogP contribution >= 0.6 is 11.3 Å². The molecule has 0 spiro atoms. The van der Waals surface area contributed by atoms with Gasteiger partial charge in [-0.1, -0.05) is 47.7 Å². The summed E-state index contributed by atoms with van der Waals surface area (Å²) >= 11 is 1.32. The van der Waals surface area contributed by atoms with E-state index >= 15 is 4.39 Å². The van der Waals surface area contributed by atoms with Gasteiger partial charge in [0.25, 0.3) is 0 Å². The molecular weight excluding hydrogens is 481 g/mol. The van der Waals surface area contributed by atoms with Crippen molar-refractivity contribution < 1.29 is 24.2 Å². The maximum absolute atomic E-state index is 15.2. The zero-order valence-electron chi connectivity index (χ0n) is 18.9. The van der Waals surface area contributed by atoms with E-state index in [0.29, 0.717) is 27.2 Å². The molecule has 2 aromatic carbocycles. The first-order valence-corrected chi connectivity index (χ1v) is 12.2. The van der Waals surface area contributed by atoms with Crippen molar-refractivity contribution in [3.05, 3.63) is 89.4 Å². The smallest absolute Gasteiger partial charge is 0.408 e. The number of carboxylic acids is 1. The molecule has 1 aliphatic carbocycles. The van der Waals surface area contributed by atoms with Crippen molar-refractivity contribution in [1.29, 1.82) is 0 Å². The summed E-state index contributed by atoms with van der Waals surface area (Å²) in [6.07, 6.45) is 2.08. The number of carboxylic acid groups (broad SMARTS) is 2. The zero-order valence-corrected chi connectivity index (χ0v) is 19.7. The molecule has 4 aromatic rings. The number of thiazole rings is 1. The SMILES string of the molecule is O=C(O)[C@@H]1C=C(c2ccc(-c3nc4ccc(C5(c6ccccc6)CC5)nc4s3)c(F)c2)CN1C(=O)O. The molecule has 2 N–H and O–H groups in total. The van der Waals surface area contributed by atoms with E-state index in [9.17, 15) is 19.8 Å². The molecule has 1 fully saturated rings. The standard InChI is InChI=1S/C27H20FN3O4S/c28-19-12-15(16-13-21(25(32)33)31(14-16)26(34)35)6-7-18(19)23-29-20-8-9-22(30-24(20)36-23)27(10-11-27)17-4-2-1-3-5-17/h1-9,12-13,21H,10-11,14H2,(H,32,33)(H,34,35)/t21-/m0/s1. The van der Waals surface area contributed by atoms with Gasteiger partial charge in [0.15, 0.2) is 6.04 Å². The van der Waals surface area contributed by atoms with E-state index in [4.69, 9.17) is 4.98 Å². The second-order valence-corrected chi connectivity index (χ2v) is 10.0. The number of pyridine rings is 1. The predicted octanol–water partition coefficient (Wildman–Crippen LogP) is 5.41. The maximum atomic E-state index is 15.2. The van der Waals surface area contributed by atoms with Crippen LogP contribution in [0.25, 0.3) is 26.5 Å². The lowest BCUT2D eigenvalue weighted by molar-refractivity contribution is -0.140. The molecule has 1 saturated carbocycles. The third kappa shape index (κ3) is 3.63. The van der Waals surface area contributed by atoms with Crippen LogP contribution in [0.4, 0.5) is 9.18 Å². The van der Waals surface area contributed by atoms with Crippen molar-refractivity contribution in [2.75, 3.05) is 6.54 Å². The molecule has 2 aliphatic rings. The molecule has 0 unspecified atom stereocenters. The molecule has 1 amide bonds. The van der Waals surface area contributed by atoms with Crippen LogP contribution in [-0.4, -0.2) is 49.7 Å². The average molecular weight is 502 g/mol. The van der Waals surface area contributed by atoms with E-state index in [-0.39, 0.29) is 12.0 Å². The van der Waals surface area contributed by atoms with Gasteiger partial charge in [-0.3, -0.25) is 4.90 Å². The fourth-order valence-electron chi connectivity index (χ4n) is 4.86. The Morgan fingerprint density at radius 2 is 1.81 bits per heavy atom. The zero-order chi connectivity index (χ0) is 25.0. The molecule has 2 aromatic heterocycles. The third-order valence-corrected chi connectivity index (χ3v) is 7.93. The minimum absolute atomic E-state index is 0.0703. The lowest BCUT2D eigenvalue weighted by Gasteiger charge is -2.17. The molecule has 0 bridgehead atoms. The Kier molecular flexibility index (Phi) is 5.11. The number of aromatic nitrogens is 2. The molecule has 0 radical (unpaired) electrons. The summed E-state index contributed by atoms with van der Waals surface area (Å²) in [5.74, 6) is -1.79. The Morgan fingerprint density at radius 1 is 1.03 bits per heavy atom. The number of halogens is 1. The Balaban J connectivity index is 1.31. The summed E-state index contributed by atoms with van der Waals surface area (Å²) in [7, 11) is 0. The summed E-state index contributed by atoms with van der Waals surface area (Å²) in [6.45, 7) is -0.123. The summed E-state index contributed by atoms with van der Waals surface area (Å²) in [6, 6.07) is 17.5. The molecular formula is C27H20FN3O4S. The van der Waals surface area contributed by atoms with Gasteiger partial charge in [-0.25, -0.2) is 23.9 Å². The number of benzene rings is 2. The van der Waals surface area contributed by atoms with E-state index in [1.807, 2.05) is 30.3 Å². The molecule has 6 rings (SSSR count). The Labute approximate surface area is 209 Å². The molecule has 1 aliphatic heterocycles. The highest BCUT2D eigenvalue weighted by Crippen LogP contribution is 2.53. The van der Waals surface area contributed by atoms with Gasteiger partial charge < -0.3 is 10.2 Å². The molecule has 3 heterocycles. The summed E-state index contributed by atoms with van der Waals surface area (Å²) < 4.78 is 15.2. The van der Waals surface area contributed by atoms with E-state index in [1.165, 1.54) is 29.0 Å². The second-order valence-electron chi connectivity index (χ2n) is 9.07. The number of fused-ring (bicyclic) bond motifs is 1. The van der Waals surface area contributed by atoms with Crippen LogP contribution in [0.3, 0.4) is 0 Å². The van der Waals surface area contributed by atoms with E-state index in [0.717, 1.165) is 28.3 Å². The van der Waals surface area contributed by atoms with Gasteiger partial charge in [-0.05, 0) is 59.9 Å². The molecule has 9 heteroatoms. The number of rotatable bonds is 5. The highest BCUT2D eigenvalue weighted by atomic mass is 32.1. The van der Waals surface area contributed by atoms with Crippen LogP contribution in [0.2, 0.25) is 0 Å². The van der Waals surface area contributed by atoms with Crippen molar-refractivity contribution in [2.45, 2.75) is 24.3 Å². The Hall–Kier alpha value is -4.11. The van der Waals surface area contributed by atoms with Crippen LogP contribution in [0, 0.1) is 5.82 Å².